The van der Waals surface area contributed by atoms with Crippen molar-refractivity contribution in [3.8, 4) is 5.75 Å². The third-order valence-corrected chi connectivity index (χ3v) is 4.41. The lowest BCUT2D eigenvalue weighted by molar-refractivity contribution is 0.103. The summed E-state index contributed by atoms with van der Waals surface area (Å²) >= 11 is 1.47. The molecule has 1 aromatic heterocycles. The summed E-state index contributed by atoms with van der Waals surface area (Å²) < 4.78 is 11.6. The molecule has 0 spiro atoms. The van der Waals surface area contributed by atoms with E-state index in [9.17, 15) is 4.79 Å². The lowest BCUT2D eigenvalue weighted by Crippen LogP contribution is -2.09. The highest BCUT2D eigenvalue weighted by molar-refractivity contribution is 7.20. The van der Waals surface area contributed by atoms with Gasteiger partial charge in [0.05, 0.1) is 11.5 Å². The number of carbonyl (C=O) groups excluding carboxylic acids is 1. The smallest absolute Gasteiger partial charge is 0.265 e. The van der Waals surface area contributed by atoms with Crippen LogP contribution in [0.15, 0.2) is 54.6 Å². The topological polar surface area (TPSA) is 47.6 Å². The monoisotopic (exact) mass is 327 g/mol. The zero-order valence-electron chi connectivity index (χ0n) is 12.7. The molecule has 0 atom stereocenters. The number of amides is 1. The first kappa shape index (κ1) is 15.5. The minimum atomic E-state index is -0.0979. The van der Waals surface area contributed by atoms with Crippen LogP contribution in [0.4, 0.5) is 5.69 Å². The van der Waals surface area contributed by atoms with Crippen molar-refractivity contribution in [2.45, 2.75) is 0 Å². The Hall–Kier alpha value is -2.37. The number of ether oxygens (including phenoxy) is 2. The van der Waals surface area contributed by atoms with Gasteiger partial charge in [-0.15, -0.1) is 11.3 Å². The molecule has 23 heavy (non-hydrogen) atoms. The van der Waals surface area contributed by atoms with Gasteiger partial charge in [-0.25, -0.2) is 0 Å². The molecule has 0 bridgehead atoms. The van der Waals surface area contributed by atoms with Gasteiger partial charge in [0.2, 0.25) is 0 Å². The second-order valence-corrected chi connectivity index (χ2v) is 6.06. The summed E-state index contributed by atoms with van der Waals surface area (Å²) in [7, 11) is 1.64. The van der Waals surface area contributed by atoms with E-state index < -0.39 is 0 Å². The number of rotatable bonds is 6. The normalized spacial score (nSPS) is 10.7. The van der Waals surface area contributed by atoms with Crippen LogP contribution in [-0.2, 0) is 4.74 Å². The lowest BCUT2D eigenvalue weighted by atomic mass is 10.2. The third kappa shape index (κ3) is 3.88. The van der Waals surface area contributed by atoms with Crippen LogP contribution in [0.5, 0.6) is 5.75 Å². The van der Waals surface area contributed by atoms with Gasteiger partial charge < -0.3 is 14.8 Å². The Bertz CT molecular complexity index is 798. The predicted molar refractivity (Wildman–Crippen MR) is 93.6 cm³/mol. The SMILES string of the molecule is COCCOc1ccc2sc(C(=O)Nc3ccccc3)cc2c1. The minimum Gasteiger partial charge on any atom is -0.491 e. The number of carbonyl (C=O) groups is 1. The maximum atomic E-state index is 12.3. The number of para-hydroxylation sites is 1. The molecule has 4 nitrogen and oxygen atoms in total. The van der Waals surface area contributed by atoms with Gasteiger partial charge in [0.1, 0.15) is 12.4 Å². The summed E-state index contributed by atoms with van der Waals surface area (Å²) in [4.78, 5) is 13.0. The molecule has 3 aromatic rings. The third-order valence-electron chi connectivity index (χ3n) is 3.30. The Labute approximate surface area is 138 Å². The molecule has 2 aromatic carbocycles. The Morgan fingerprint density at radius 2 is 1.91 bits per heavy atom. The van der Waals surface area contributed by atoms with E-state index in [2.05, 4.69) is 5.32 Å². The molecular weight excluding hydrogens is 310 g/mol. The predicted octanol–water partition coefficient (Wildman–Crippen LogP) is 4.18. The number of fused-ring (bicyclic) bond motifs is 1. The molecule has 5 heteroatoms. The Morgan fingerprint density at radius 3 is 2.70 bits per heavy atom. The van der Waals surface area contributed by atoms with Gasteiger partial charge in [-0.05, 0) is 41.8 Å². The average molecular weight is 327 g/mol. The van der Waals surface area contributed by atoms with Gasteiger partial charge in [-0.1, -0.05) is 18.2 Å². The molecule has 1 amide bonds. The average Bonchev–Trinajstić information content (AvgIpc) is 2.99. The van der Waals surface area contributed by atoms with Gasteiger partial charge in [-0.3, -0.25) is 4.79 Å². The maximum Gasteiger partial charge on any atom is 0.265 e. The molecular formula is C18H17NO3S. The highest BCUT2D eigenvalue weighted by Gasteiger charge is 2.11. The zero-order chi connectivity index (χ0) is 16.1. The van der Waals surface area contributed by atoms with Crippen molar-refractivity contribution in [3.63, 3.8) is 0 Å². The van der Waals surface area contributed by atoms with Crippen molar-refractivity contribution in [2.24, 2.45) is 0 Å². The summed E-state index contributed by atoms with van der Waals surface area (Å²) in [6.45, 7) is 1.06. The van der Waals surface area contributed by atoms with Crippen molar-refractivity contribution < 1.29 is 14.3 Å². The van der Waals surface area contributed by atoms with E-state index in [4.69, 9.17) is 9.47 Å². The number of thiophene rings is 1. The first-order chi connectivity index (χ1) is 11.3. The standard InChI is InChI=1S/C18H17NO3S/c1-21-9-10-22-15-7-8-16-13(11-15)12-17(23-16)18(20)19-14-5-3-2-4-6-14/h2-8,11-12H,9-10H2,1H3,(H,19,20). The first-order valence-corrected chi connectivity index (χ1v) is 8.09. The fourth-order valence-electron chi connectivity index (χ4n) is 2.18. The number of anilines is 1. The van der Waals surface area contributed by atoms with Crippen molar-refractivity contribution in [1.82, 2.24) is 0 Å². The molecule has 118 valence electrons. The second-order valence-electron chi connectivity index (χ2n) is 4.97. The summed E-state index contributed by atoms with van der Waals surface area (Å²) in [6.07, 6.45) is 0. The number of nitrogens with one attached hydrogen (secondary N) is 1. The summed E-state index contributed by atoms with van der Waals surface area (Å²) in [5, 5.41) is 3.90. The quantitative estimate of drug-likeness (QED) is 0.691. The van der Waals surface area contributed by atoms with Crippen LogP contribution >= 0.6 is 11.3 Å². The molecule has 1 N–H and O–H groups in total. The highest BCUT2D eigenvalue weighted by Crippen LogP contribution is 2.29. The van der Waals surface area contributed by atoms with Gasteiger partial charge in [0, 0.05) is 17.5 Å². The van der Waals surface area contributed by atoms with Crippen molar-refractivity contribution in [1.29, 1.82) is 0 Å². The number of hydrogen-bond acceptors (Lipinski definition) is 4. The van der Waals surface area contributed by atoms with Gasteiger partial charge >= 0.3 is 0 Å². The molecule has 0 unspecified atom stereocenters. The molecule has 0 saturated heterocycles. The number of methoxy groups -OCH3 is 1. The van der Waals surface area contributed by atoms with Gasteiger partial charge in [0.25, 0.3) is 5.91 Å². The Morgan fingerprint density at radius 1 is 1.09 bits per heavy atom. The van der Waals surface area contributed by atoms with E-state index in [1.54, 1.807) is 7.11 Å². The molecule has 0 saturated carbocycles. The summed E-state index contributed by atoms with van der Waals surface area (Å²) in [5.41, 5.74) is 0.790. The highest BCUT2D eigenvalue weighted by atomic mass is 32.1. The van der Waals surface area contributed by atoms with Crippen LogP contribution in [0, 0.1) is 0 Å². The fourth-order valence-corrected chi connectivity index (χ4v) is 3.12. The fraction of sp³-hybridized carbons (Fsp3) is 0.167. The summed E-state index contributed by atoms with van der Waals surface area (Å²) in [5.74, 6) is 0.682. The molecule has 0 fully saturated rings. The van der Waals surface area contributed by atoms with E-state index in [0.717, 1.165) is 21.5 Å². The van der Waals surface area contributed by atoms with E-state index in [1.165, 1.54) is 11.3 Å². The van der Waals surface area contributed by atoms with E-state index in [-0.39, 0.29) is 5.91 Å². The van der Waals surface area contributed by atoms with Crippen LogP contribution in [0.2, 0.25) is 0 Å². The van der Waals surface area contributed by atoms with Crippen LogP contribution in [-0.4, -0.2) is 26.2 Å². The largest absolute Gasteiger partial charge is 0.491 e. The molecule has 0 aliphatic carbocycles. The van der Waals surface area contributed by atoms with E-state index in [0.29, 0.717) is 18.1 Å². The lowest BCUT2D eigenvalue weighted by Gasteiger charge is -2.04. The molecule has 0 aliphatic rings. The summed E-state index contributed by atoms with van der Waals surface area (Å²) in [6, 6.07) is 17.2. The van der Waals surface area contributed by atoms with Gasteiger partial charge in [-0.2, -0.15) is 0 Å². The zero-order valence-corrected chi connectivity index (χ0v) is 13.6. The van der Waals surface area contributed by atoms with Crippen LogP contribution in [0.3, 0.4) is 0 Å². The van der Waals surface area contributed by atoms with Crippen molar-refractivity contribution in [2.75, 3.05) is 25.6 Å². The van der Waals surface area contributed by atoms with Crippen LogP contribution in [0.25, 0.3) is 10.1 Å². The number of benzene rings is 2. The molecule has 0 radical (unpaired) electrons. The Kier molecular flexibility index (Phi) is 4.90. The Balaban J connectivity index is 1.75. The number of hydrogen-bond donors (Lipinski definition) is 1. The maximum absolute atomic E-state index is 12.3. The van der Waals surface area contributed by atoms with E-state index >= 15 is 0 Å². The molecule has 1 heterocycles. The minimum absolute atomic E-state index is 0.0979. The van der Waals surface area contributed by atoms with Crippen LogP contribution in [0.1, 0.15) is 9.67 Å². The molecule has 3 rings (SSSR count). The van der Waals surface area contributed by atoms with Crippen molar-refractivity contribution in [3.05, 3.63) is 59.5 Å². The second kappa shape index (κ2) is 7.26. The first-order valence-electron chi connectivity index (χ1n) is 7.28. The van der Waals surface area contributed by atoms with Crippen LogP contribution < -0.4 is 10.1 Å². The van der Waals surface area contributed by atoms with Crippen molar-refractivity contribution >= 4 is 33.0 Å². The molecule has 0 aliphatic heterocycles. The van der Waals surface area contributed by atoms with Gasteiger partial charge in [0.15, 0.2) is 0 Å². The van der Waals surface area contributed by atoms with E-state index in [1.807, 2.05) is 54.6 Å².